The molecule has 4 aromatic rings. The maximum absolute atomic E-state index is 12.9. The summed E-state index contributed by atoms with van der Waals surface area (Å²) in [6.45, 7) is 0.205. The first-order valence-electron chi connectivity index (χ1n) is 9.95. The fourth-order valence-electron chi connectivity index (χ4n) is 3.46. The van der Waals surface area contributed by atoms with E-state index in [1.165, 1.54) is 13.2 Å². The Hall–Kier alpha value is -4.01. The molecule has 1 aromatic heterocycles. The van der Waals surface area contributed by atoms with Gasteiger partial charge in [0.1, 0.15) is 0 Å². The lowest BCUT2D eigenvalue weighted by atomic mass is 10.0. The van der Waals surface area contributed by atoms with Gasteiger partial charge in [0.15, 0.2) is 0 Å². The summed E-state index contributed by atoms with van der Waals surface area (Å²) in [5, 5.41) is 4.13. The lowest BCUT2D eigenvalue weighted by molar-refractivity contribution is 0.0600. The van der Waals surface area contributed by atoms with Crippen molar-refractivity contribution < 1.29 is 14.3 Å². The van der Waals surface area contributed by atoms with Crippen molar-refractivity contribution in [2.24, 2.45) is 5.73 Å². The van der Waals surface area contributed by atoms with Crippen LogP contribution in [0.5, 0.6) is 0 Å². The van der Waals surface area contributed by atoms with Gasteiger partial charge >= 0.3 is 5.97 Å². The van der Waals surface area contributed by atoms with Crippen LogP contribution in [0.25, 0.3) is 22.2 Å². The standard InChI is InChI=1S/C24H20ClN5O3/c1-33-23(32)15-4-2-3-14(9-15)22(31)28-20-10-13(5-6-16(20)12-26)21-18-11-17(25)7-8-19(18)29-24(27)30-21/h2-11H,12,26H2,1H3,(H,28,31)(H2,27,29,30). The summed E-state index contributed by atoms with van der Waals surface area (Å²) in [5.74, 6) is -0.808. The lowest BCUT2D eigenvalue weighted by Crippen LogP contribution is -2.15. The molecule has 166 valence electrons. The Morgan fingerprint density at radius 3 is 2.58 bits per heavy atom. The van der Waals surface area contributed by atoms with Crippen molar-refractivity contribution in [2.45, 2.75) is 6.54 Å². The number of nitrogens with zero attached hydrogens (tertiary/aromatic N) is 2. The maximum atomic E-state index is 12.9. The van der Waals surface area contributed by atoms with E-state index in [-0.39, 0.29) is 18.1 Å². The van der Waals surface area contributed by atoms with Crippen molar-refractivity contribution in [1.82, 2.24) is 9.97 Å². The molecule has 8 nitrogen and oxygen atoms in total. The average molecular weight is 462 g/mol. The highest BCUT2D eigenvalue weighted by Gasteiger charge is 2.15. The molecule has 4 rings (SSSR count). The van der Waals surface area contributed by atoms with E-state index in [9.17, 15) is 9.59 Å². The molecule has 0 aliphatic carbocycles. The van der Waals surface area contributed by atoms with Crippen LogP contribution in [-0.4, -0.2) is 29.0 Å². The van der Waals surface area contributed by atoms with E-state index in [0.29, 0.717) is 33.0 Å². The second-order valence-corrected chi connectivity index (χ2v) is 7.63. The number of halogens is 1. The van der Waals surface area contributed by atoms with Crippen molar-refractivity contribution in [3.8, 4) is 11.3 Å². The van der Waals surface area contributed by atoms with Crippen LogP contribution < -0.4 is 16.8 Å². The topological polar surface area (TPSA) is 133 Å². The van der Waals surface area contributed by atoms with Gasteiger partial charge in [0.05, 0.1) is 23.9 Å². The Balaban J connectivity index is 1.75. The van der Waals surface area contributed by atoms with Crippen molar-refractivity contribution in [3.63, 3.8) is 0 Å². The number of esters is 1. The molecule has 33 heavy (non-hydrogen) atoms. The van der Waals surface area contributed by atoms with Crippen molar-refractivity contribution in [1.29, 1.82) is 0 Å². The zero-order valence-electron chi connectivity index (χ0n) is 17.6. The Morgan fingerprint density at radius 2 is 1.82 bits per heavy atom. The number of nitrogens with one attached hydrogen (secondary N) is 1. The summed E-state index contributed by atoms with van der Waals surface area (Å²) >= 11 is 6.19. The fraction of sp³-hybridized carbons (Fsp3) is 0.0833. The number of hydrogen-bond donors (Lipinski definition) is 3. The second kappa shape index (κ2) is 9.23. The van der Waals surface area contributed by atoms with Crippen LogP contribution in [0.1, 0.15) is 26.3 Å². The second-order valence-electron chi connectivity index (χ2n) is 7.19. The van der Waals surface area contributed by atoms with Gasteiger partial charge < -0.3 is 21.5 Å². The summed E-state index contributed by atoms with van der Waals surface area (Å²) in [7, 11) is 1.28. The number of rotatable bonds is 5. The van der Waals surface area contributed by atoms with Gasteiger partial charge in [-0.05, 0) is 48.0 Å². The van der Waals surface area contributed by atoms with E-state index in [0.717, 1.165) is 10.9 Å². The number of carbonyl (C=O) groups is 2. The SMILES string of the molecule is COC(=O)c1cccc(C(=O)Nc2cc(-c3nc(N)nc4ccc(Cl)cc34)ccc2CN)c1. The molecular formula is C24H20ClN5O3. The molecule has 5 N–H and O–H groups in total. The number of fused-ring (bicyclic) bond motifs is 1. The van der Waals surface area contributed by atoms with E-state index < -0.39 is 11.9 Å². The Kier molecular flexibility index (Phi) is 6.21. The number of aromatic nitrogens is 2. The van der Waals surface area contributed by atoms with Crippen molar-refractivity contribution >= 4 is 46.0 Å². The average Bonchev–Trinajstić information content (AvgIpc) is 2.83. The molecule has 0 spiro atoms. The van der Waals surface area contributed by atoms with Crippen LogP contribution in [0.15, 0.2) is 60.7 Å². The third-order valence-corrected chi connectivity index (χ3v) is 5.31. The number of hydrogen-bond acceptors (Lipinski definition) is 7. The van der Waals surface area contributed by atoms with Gasteiger partial charge in [0.25, 0.3) is 5.91 Å². The van der Waals surface area contributed by atoms with Gasteiger partial charge in [-0.15, -0.1) is 0 Å². The van der Waals surface area contributed by atoms with Gasteiger partial charge in [-0.3, -0.25) is 4.79 Å². The van der Waals surface area contributed by atoms with Crippen LogP contribution in [0.4, 0.5) is 11.6 Å². The number of anilines is 2. The third kappa shape index (κ3) is 4.62. The smallest absolute Gasteiger partial charge is 0.337 e. The molecule has 0 aliphatic rings. The lowest BCUT2D eigenvalue weighted by Gasteiger charge is -2.14. The first-order chi connectivity index (χ1) is 15.9. The van der Waals surface area contributed by atoms with Crippen molar-refractivity contribution in [3.05, 3.63) is 82.4 Å². The molecule has 0 aliphatic heterocycles. The molecule has 0 radical (unpaired) electrons. The number of carbonyl (C=O) groups excluding carboxylic acids is 2. The fourth-order valence-corrected chi connectivity index (χ4v) is 3.63. The predicted molar refractivity (Wildman–Crippen MR) is 128 cm³/mol. The molecular weight excluding hydrogens is 442 g/mol. The van der Waals surface area contributed by atoms with Gasteiger partial charge in [-0.1, -0.05) is 29.8 Å². The Labute approximate surface area is 194 Å². The largest absolute Gasteiger partial charge is 0.465 e. The molecule has 0 unspecified atom stereocenters. The van der Waals surface area contributed by atoms with E-state index >= 15 is 0 Å². The van der Waals surface area contributed by atoms with Crippen molar-refractivity contribution in [2.75, 3.05) is 18.2 Å². The van der Waals surface area contributed by atoms with Crippen LogP contribution in [0.3, 0.4) is 0 Å². The van der Waals surface area contributed by atoms with Gasteiger partial charge in [-0.2, -0.15) is 0 Å². The van der Waals surface area contributed by atoms with Gasteiger partial charge in [-0.25, -0.2) is 14.8 Å². The monoisotopic (exact) mass is 461 g/mol. The summed E-state index contributed by atoms with van der Waals surface area (Å²) in [6, 6.07) is 16.9. The number of nitrogens with two attached hydrogens (primary N) is 2. The zero-order valence-corrected chi connectivity index (χ0v) is 18.4. The zero-order chi connectivity index (χ0) is 23.5. The van der Waals surface area contributed by atoms with E-state index in [1.54, 1.807) is 42.5 Å². The minimum atomic E-state index is -0.527. The first kappa shape index (κ1) is 22.2. The Bertz CT molecular complexity index is 1390. The quantitative estimate of drug-likeness (QED) is 0.382. The van der Waals surface area contributed by atoms with E-state index in [4.69, 9.17) is 27.8 Å². The molecule has 1 amide bonds. The molecule has 0 fully saturated rings. The molecule has 1 heterocycles. The minimum Gasteiger partial charge on any atom is -0.465 e. The van der Waals surface area contributed by atoms with Gasteiger partial charge in [0.2, 0.25) is 5.95 Å². The minimum absolute atomic E-state index is 0.118. The molecule has 0 saturated carbocycles. The number of methoxy groups -OCH3 is 1. The van der Waals surface area contributed by atoms with Gasteiger partial charge in [0, 0.05) is 33.8 Å². The highest BCUT2D eigenvalue weighted by atomic mass is 35.5. The van der Waals surface area contributed by atoms with Crippen LogP contribution in [0.2, 0.25) is 5.02 Å². The summed E-state index contributed by atoms with van der Waals surface area (Å²) < 4.78 is 4.72. The predicted octanol–water partition coefficient (Wildman–Crippen LogP) is 4.03. The number of amides is 1. The highest BCUT2D eigenvalue weighted by Crippen LogP contribution is 2.31. The first-order valence-corrected chi connectivity index (χ1v) is 10.3. The number of benzene rings is 3. The normalized spacial score (nSPS) is 10.8. The summed E-state index contributed by atoms with van der Waals surface area (Å²) in [5.41, 5.74) is 15.5. The molecule has 0 saturated heterocycles. The summed E-state index contributed by atoms with van der Waals surface area (Å²) in [6.07, 6.45) is 0. The Morgan fingerprint density at radius 1 is 1.03 bits per heavy atom. The third-order valence-electron chi connectivity index (χ3n) is 5.07. The number of nitrogen functional groups attached to an aromatic ring is 1. The maximum Gasteiger partial charge on any atom is 0.337 e. The number of ether oxygens (including phenoxy) is 1. The molecule has 0 atom stereocenters. The van der Waals surface area contributed by atoms with Crippen LogP contribution in [0, 0.1) is 0 Å². The van der Waals surface area contributed by atoms with E-state index in [1.807, 2.05) is 12.1 Å². The molecule has 0 bridgehead atoms. The van der Waals surface area contributed by atoms with Crippen LogP contribution in [-0.2, 0) is 11.3 Å². The molecule has 9 heteroatoms. The molecule has 3 aromatic carbocycles. The summed E-state index contributed by atoms with van der Waals surface area (Å²) in [4.78, 5) is 33.4. The van der Waals surface area contributed by atoms with Crippen LogP contribution >= 0.6 is 11.6 Å². The van der Waals surface area contributed by atoms with E-state index in [2.05, 4.69) is 15.3 Å². The highest BCUT2D eigenvalue weighted by molar-refractivity contribution is 6.31.